The number of fused-ring (bicyclic) bond motifs is 1. The van der Waals surface area contributed by atoms with Crippen molar-refractivity contribution in [2.24, 2.45) is 0 Å². The number of aromatic nitrogens is 1. The lowest BCUT2D eigenvalue weighted by Gasteiger charge is -2.20. The van der Waals surface area contributed by atoms with Crippen molar-refractivity contribution in [1.82, 2.24) is 4.57 Å². The number of hydrogen-bond donors (Lipinski definition) is 0. The highest BCUT2D eigenvalue weighted by molar-refractivity contribution is 5.89. The summed E-state index contributed by atoms with van der Waals surface area (Å²) in [4.78, 5) is 11.1. The minimum Gasteiger partial charge on any atom is -0.491 e. The predicted molar refractivity (Wildman–Crippen MR) is 129 cm³/mol. The maximum absolute atomic E-state index is 11.4. The van der Waals surface area contributed by atoms with E-state index in [4.69, 9.17) is 14.2 Å². The number of hydrogen-bond acceptors (Lipinski definition) is 5. The van der Waals surface area contributed by atoms with Crippen molar-refractivity contribution in [2.75, 3.05) is 6.61 Å². The first kappa shape index (κ1) is 22.0. The predicted octanol–water partition coefficient (Wildman–Crippen LogP) is 5.98. The van der Waals surface area contributed by atoms with E-state index in [1.54, 1.807) is 12.1 Å². The normalized spacial score (nSPS) is 19.9. The molecule has 1 fully saturated rings. The molecule has 0 aliphatic carbocycles. The topological polar surface area (TPSA) is 75.8 Å². The molecule has 7 heteroatoms. The fraction of sp³-hybridized carbons (Fsp3) is 0.259. The molecular weight excluding hydrogens is 432 g/mol. The Labute approximate surface area is 197 Å². The van der Waals surface area contributed by atoms with Gasteiger partial charge in [0.2, 0.25) is 0 Å². The third kappa shape index (κ3) is 4.47. The van der Waals surface area contributed by atoms with Crippen LogP contribution in [-0.4, -0.2) is 28.3 Å². The van der Waals surface area contributed by atoms with Crippen molar-refractivity contribution in [3.05, 3.63) is 100 Å². The molecule has 3 atom stereocenters. The van der Waals surface area contributed by atoms with Gasteiger partial charge in [-0.2, -0.15) is 0 Å². The summed E-state index contributed by atoms with van der Waals surface area (Å²) in [6.45, 7) is 4.40. The van der Waals surface area contributed by atoms with E-state index in [1.807, 2.05) is 79.2 Å². The smallest absolute Gasteiger partial charge is 0.278 e. The van der Waals surface area contributed by atoms with Crippen molar-refractivity contribution >= 4 is 16.6 Å². The molecule has 1 aliphatic rings. The molecule has 0 saturated carbocycles. The molecule has 4 aromatic rings. The molecule has 1 saturated heterocycles. The Morgan fingerprint density at radius 2 is 1.65 bits per heavy atom. The molecule has 3 aromatic carbocycles. The van der Waals surface area contributed by atoms with Crippen molar-refractivity contribution in [3.8, 4) is 11.5 Å². The van der Waals surface area contributed by atoms with Crippen LogP contribution in [0, 0.1) is 24.0 Å². The molecular formula is C27H26N2O5. The lowest BCUT2D eigenvalue weighted by molar-refractivity contribution is -0.383. The van der Waals surface area contributed by atoms with Crippen LogP contribution in [0.3, 0.4) is 0 Å². The van der Waals surface area contributed by atoms with Gasteiger partial charge in [0.1, 0.15) is 36.5 Å². The second-order valence-electron chi connectivity index (χ2n) is 8.65. The van der Waals surface area contributed by atoms with Gasteiger partial charge in [0.25, 0.3) is 5.69 Å². The molecule has 5 rings (SSSR count). The largest absolute Gasteiger partial charge is 0.491 e. The van der Waals surface area contributed by atoms with Crippen LogP contribution in [0.25, 0.3) is 10.9 Å². The summed E-state index contributed by atoms with van der Waals surface area (Å²) >= 11 is 0. The van der Waals surface area contributed by atoms with Gasteiger partial charge in [0.15, 0.2) is 0 Å². The summed E-state index contributed by atoms with van der Waals surface area (Å²) < 4.78 is 20.7. The van der Waals surface area contributed by atoms with Gasteiger partial charge in [-0.25, -0.2) is 0 Å². The van der Waals surface area contributed by atoms with Gasteiger partial charge in [0.05, 0.1) is 15.8 Å². The standard InChI is InChI=1S/C27H26N2O5/c1-18-6-10-20(11-7-18)32-17-26-25(33-21-12-8-19(2)9-13-21)16-27(34-26)28-15-14-22-23(28)4-3-5-24(22)29(30)31/h3-15,25-27H,16-17H2,1-2H3/t25-,26+,27+/m0/s1. The van der Waals surface area contributed by atoms with Crippen LogP contribution in [0.4, 0.5) is 5.69 Å². The minimum absolute atomic E-state index is 0.0842. The SMILES string of the molecule is Cc1ccc(OC[C@H]2O[C@@H](n3ccc4c([N+](=O)[O-])cccc43)C[C@@H]2Oc2ccc(C)cc2)cc1. The molecule has 2 heterocycles. The van der Waals surface area contributed by atoms with Crippen molar-refractivity contribution in [2.45, 2.75) is 38.7 Å². The first-order chi connectivity index (χ1) is 16.5. The van der Waals surface area contributed by atoms with Crippen molar-refractivity contribution < 1.29 is 19.1 Å². The Bertz CT molecular complexity index is 1300. The molecule has 174 valence electrons. The van der Waals surface area contributed by atoms with Crippen molar-refractivity contribution in [1.29, 1.82) is 0 Å². The number of benzene rings is 3. The van der Waals surface area contributed by atoms with Crippen LogP contribution < -0.4 is 9.47 Å². The monoisotopic (exact) mass is 458 g/mol. The number of nitro benzene ring substituents is 1. The lowest BCUT2D eigenvalue weighted by atomic mass is 10.1. The molecule has 0 spiro atoms. The highest BCUT2D eigenvalue weighted by Gasteiger charge is 2.39. The highest BCUT2D eigenvalue weighted by Crippen LogP contribution is 2.36. The Kier molecular flexibility index (Phi) is 5.94. The van der Waals surface area contributed by atoms with Crippen LogP contribution in [0.5, 0.6) is 11.5 Å². The van der Waals surface area contributed by atoms with E-state index in [2.05, 4.69) is 0 Å². The van der Waals surface area contributed by atoms with Crippen LogP contribution in [-0.2, 0) is 4.74 Å². The summed E-state index contributed by atoms with van der Waals surface area (Å²) in [5, 5.41) is 12.0. The average Bonchev–Trinajstić information content (AvgIpc) is 3.44. The van der Waals surface area contributed by atoms with E-state index < -0.39 is 0 Å². The Morgan fingerprint density at radius 3 is 2.32 bits per heavy atom. The third-order valence-electron chi connectivity index (χ3n) is 6.17. The number of ether oxygens (including phenoxy) is 3. The summed E-state index contributed by atoms with van der Waals surface area (Å²) in [6, 6.07) is 22.7. The van der Waals surface area contributed by atoms with Gasteiger partial charge in [-0.15, -0.1) is 0 Å². The zero-order chi connectivity index (χ0) is 23.7. The van der Waals surface area contributed by atoms with Crippen LogP contribution in [0.15, 0.2) is 79.0 Å². The quantitative estimate of drug-likeness (QED) is 0.252. The van der Waals surface area contributed by atoms with E-state index in [0.717, 1.165) is 22.6 Å². The lowest BCUT2D eigenvalue weighted by Crippen LogP contribution is -2.32. The summed E-state index contributed by atoms with van der Waals surface area (Å²) in [6.07, 6.45) is 1.54. The number of non-ortho nitro benzene ring substituents is 1. The first-order valence-electron chi connectivity index (χ1n) is 11.3. The van der Waals surface area contributed by atoms with Gasteiger partial charge in [0, 0.05) is 18.7 Å². The highest BCUT2D eigenvalue weighted by atomic mass is 16.6. The number of aryl methyl sites for hydroxylation is 2. The molecule has 0 amide bonds. The minimum atomic E-state index is -0.357. The Morgan fingerprint density at radius 1 is 0.971 bits per heavy atom. The first-order valence-corrected chi connectivity index (χ1v) is 11.3. The molecule has 0 unspecified atom stereocenters. The zero-order valence-corrected chi connectivity index (χ0v) is 19.1. The third-order valence-corrected chi connectivity index (χ3v) is 6.17. The Balaban J connectivity index is 1.40. The van der Waals surface area contributed by atoms with Crippen molar-refractivity contribution in [3.63, 3.8) is 0 Å². The number of nitro groups is 1. The fourth-order valence-corrected chi connectivity index (χ4v) is 4.33. The Hall–Kier alpha value is -3.84. The summed E-state index contributed by atoms with van der Waals surface area (Å²) in [5.41, 5.74) is 3.17. The molecule has 1 aliphatic heterocycles. The molecule has 34 heavy (non-hydrogen) atoms. The molecule has 0 N–H and O–H groups in total. The van der Waals surface area contributed by atoms with Gasteiger partial charge in [-0.05, 0) is 50.2 Å². The van der Waals surface area contributed by atoms with Crippen LogP contribution in [0.2, 0.25) is 0 Å². The average molecular weight is 459 g/mol. The number of rotatable bonds is 7. The second-order valence-corrected chi connectivity index (χ2v) is 8.65. The second kappa shape index (κ2) is 9.19. The van der Waals surface area contributed by atoms with E-state index in [1.165, 1.54) is 11.6 Å². The summed E-state index contributed by atoms with van der Waals surface area (Å²) in [5.74, 6) is 1.54. The maximum Gasteiger partial charge on any atom is 0.278 e. The molecule has 7 nitrogen and oxygen atoms in total. The van der Waals surface area contributed by atoms with Gasteiger partial charge in [-0.1, -0.05) is 41.5 Å². The van der Waals surface area contributed by atoms with E-state index >= 15 is 0 Å². The van der Waals surface area contributed by atoms with Gasteiger partial charge in [-0.3, -0.25) is 10.1 Å². The van der Waals surface area contributed by atoms with Gasteiger partial charge < -0.3 is 18.8 Å². The van der Waals surface area contributed by atoms with Gasteiger partial charge >= 0.3 is 0 Å². The molecule has 1 aromatic heterocycles. The van der Waals surface area contributed by atoms with E-state index in [9.17, 15) is 10.1 Å². The molecule has 0 radical (unpaired) electrons. The zero-order valence-electron chi connectivity index (χ0n) is 19.1. The fourth-order valence-electron chi connectivity index (χ4n) is 4.33. The van der Waals surface area contributed by atoms with Crippen LogP contribution >= 0.6 is 0 Å². The van der Waals surface area contributed by atoms with E-state index in [-0.39, 0.29) is 29.0 Å². The van der Waals surface area contributed by atoms with E-state index in [0.29, 0.717) is 18.4 Å². The van der Waals surface area contributed by atoms with Crippen LogP contribution in [0.1, 0.15) is 23.8 Å². The summed E-state index contributed by atoms with van der Waals surface area (Å²) in [7, 11) is 0. The number of nitrogens with zero attached hydrogens (tertiary/aromatic N) is 2. The maximum atomic E-state index is 11.4. The molecule has 0 bridgehead atoms.